The number of benzene rings is 1. The van der Waals surface area contributed by atoms with Crippen molar-refractivity contribution in [2.75, 3.05) is 6.54 Å². The van der Waals surface area contributed by atoms with Crippen LogP contribution >= 0.6 is 0 Å². The third-order valence-electron chi connectivity index (χ3n) is 3.57. The zero-order valence-corrected chi connectivity index (χ0v) is 12.3. The average molecular weight is 315 g/mol. The second-order valence-corrected chi connectivity index (χ2v) is 5.22. The van der Waals surface area contributed by atoms with E-state index in [1.165, 1.54) is 0 Å². The van der Waals surface area contributed by atoms with Crippen LogP contribution in [0.5, 0.6) is 0 Å². The maximum absolute atomic E-state index is 13.5. The zero-order chi connectivity index (χ0) is 16.2. The van der Waals surface area contributed by atoms with Gasteiger partial charge in [-0.15, -0.1) is 0 Å². The standard InChI is InChI=1S/C17H15F2N3O/c18-13-8-14(19)16(21-10-13)5-6-20-9-12-7-11-3-1-2-4-15(11)22-17(12)23/h1-4,7-8,10,20H,5-6,9H2,(H,22,23). The molecule has 0 aliphatic carbocycles. The summed E-state index contributed by atoms with van der Waals surface area (Å²) in [5.41, 5.74) is 1.45. The molecule has 3 rings (SSSR count). The van der Waals surface area contributed by atoms with Gasteiger partial charge in [-0.2, -0.15) is 0 Å². The smallest absolute Gasteiger partial charge is 0.252 e. The average Bonchev–Trinajstić information content (AvgIpc) is 2.53. The largest absolute Gasteiger partial charge is 0.322 e. The van der Waals surface area contributed by atoms with E-state index in [0.717, 1.165) is 23.2 Å². The van der Waals surface area contributed by atoms with Gasteiger partial charge in [0.05, 0.1) is 11.9 Å². The second-order valence-electron chi connectivity index (χ2n) is 5.22. The molecule has 0 saturated heterocycles. The van der Waals surface area contributed by atoms with Crippen molar-refractivity contribution in [2.45, 2.75) is 13.0 Å². The first-order valence-corrected chi connectivity index (χ1v) is 7.25. The molecule has 6 heteroatoms. The Labute approximate surface area is 131 Å². The first-order valence-electron chi connectivity index (χ1n) is 7.25. The first kappa shape index (κ1) is 15.3. The monoisotopic (exact) mass is 315 g/mol. The minimum atomic E-state index is -0.693. The van der Waals surface area contributed by atoms with E-state index in [0.29, 0.717) is 25.1 Å². The summed E-state index contributed by atoms with van der Waals surface area (Å²) >= 11 is 0. The van der Waals surface area contributed by atoms with Gasteiger partial charge in [0.1, 0.15) is 11.6 Å². The highest BCUT2D eigenvalue weighted by Gasteiger charge is 2.06. The summed E-state index contributed by atoms with van der Waals surface area (Å²) in [6.07, 6.45) is 1.31. The Kier molecular flexibility index (Phi) is 4.43. The Morgan fingerprint density at radius 3 is 2.83 bits per heavy atom. The number of hydrogen-bond donors (Lipinski definition) is 2. The van der Waals surface area contributed by atoms with Crippen LogP contribution in [0.4, 0.5) is 8.78 Å². The van der Waals surface area contributed by atoms with E-state index >= 15 is 0 Å². The summed E-state index contributed by atoms with van der Waals surface area (Å²) in [5.74, 6) is -1.35. The third-order valence-corrected chi connectivity index (χ3v) is 3.57. The second kappa shape index (κ2) is 6.66. The summed E-state index contributed by atoms with van der Waals surface area (Å²) in [4.78, 5) is 18.5. The van der Waals surface area contributed by atoms with E-state index in [1.807, 2.05) is 30.3 Å². The van der Waals surface area contributed by atoms with Gasteiger partial charge >= 0.3 is 0 Å². The van der Waals surface area contributed by atoms with E-state index in [-0.39, 0.29) is 11.3 Å². The number of fused-ring (bicyclic) bond motifs is 1. The SMILES string of the molecule is O=c1[nH]c2ccccc2cc1CNCCc1ncc(F)cc1F. The molecule has 23 heavy (non-hydrogen) atoms. The molecule has 2 aromatic heterocycles. The van der Waals surface area contributed by atoms with Crippen LogP contribution in [0.15, 0.2) is 47.4 Å². The number of aromatic nitrogens is 2. The van der Waals surface area contributed by atoms with Crippen LogP contribution in [0, 0.1) is 11.6 Å². The lowest BCUT2D eigenvalue weighted by molar-refractivity contribution is 0.551. The molecule has 0 aliphatic heterocycles. The maximum atomic E-state index is 13.5. The van der Waals surface area contributed by atoms with Crippen molar-refractivity contribution in [3.05, 3.63) is 75.8 Å². The molecule has 2 heterocycles. The van der Waals surface area contributed by atoms with Crippen LogP contribution in [-0.2, 0) is 13.0 Å². The van der Waals surface area contributed by atoms with E-state index in [4.69, 9.17) is 0 Å². The summed E-state index contributed by atoms with van der Waals surface area (Å²) in [6, 6.07) is 10.2. The van der Waals surface area contributed by atoms with Crippen molar-refractivity contribution in [2.24, 2.45) is 0 Å². The predicted molar refractivity (Wildman–Crippen MR) is 84.1 cm³/mol. The van der Waals surface area contributed by atoms with Gasteiger partial charge in [0.25, 0.3) is 5.56 Å². The van der Waals surface area contributed by atoms with Gasteiger partial charge in [-0.3, -0.25) is 9.78 Å². The van der Waals surface area contributed by atoms with Crippen molar-refractivity contribution in [1.29, 1.82) is 0 Å². The lowest BCUT2D eigenvalue weighted by atomic mass is 10.1. The predicted octanol–water partition coefficient (Wildman–Crippen LogP) is 2.53. The number of halogens is 2. The molecular weight excluding hydrogens is 300 g/mol. The number of H-pyrrole nitrogens is 1. The first-order chi connectivity index (χ1) is 11.1. The molecule has 0 spiro atoms. The van der Waals surface area contributed by atoms with Gasteiger partial charge in [-0.25, -0.2) is 8.78 Å². The number of hydrogen-bond acceptors (Lipinski definition) is 3. The van der Waals surface area contributed by atoms with Crippen molar-refractivity contribution in [1.82, 2.24) is 15.3 Å². The van der Waals surface area contributed by atoms with E-state index in [9.17, 15) is 13.6 Å². The van der Waals surface area contributed by atoms with Crippen molar-refractivity contribution < 1.29 is 8.78 Å². The molecular formula is C17H15F2N3O. The highest BCUT2D eigenvalue weighted by molar-refractivity contribution is 5.78. The van der Waals surface area contributed by atoms with E-state index in [2.05, 4.69) is 15.3 Å². The number of para-hydroxylation sites is 1. The van der Waals surface area contributed by atoms with Crippen LogP contribution in [0.1, 0.15) is 11.3 Å². The van der Waals surface area contributed by atoms with Crippen LogP contribution in [0.2, 0.25) is 0 Å². The topological polar surface area (TPSA) is 57.8 Å². The highest BCUT2D eigenvalue weighted by atomic mass is 19.1. The fraction of sp³-hybridized carbons (Fsp3) is 0.176. The fourth-order valence-electron chi connectivity index (χ4n) is 2.38. The lowest BCUT2D eigenvalue weighted by Crippen LogP contribution is -2.23. The molecule has 0 saturated carbocycles. The Morgan fingerprint density at radius 2 is 2.00 bits per heavy atom. The lowest BCUT2D eigenvalue weighted by Gasteiger charge is -2.06. The Balaban J connectivity index is 1.62. The Hall–Kier alpha value is -2.60. The van der Waals surface area contributed by atoms with Crippen molar-refractivity contribution in [3.63, 3.8) is 0 Å². The number of nitrogens with zero attached hydrogens (tertiary/aromatic N) is 1. The summed E-state index contributed by atoms with van der Waals surface area (Å²) in [5, 5.41) is 4.03. The molecule has 0 bridgehead atoms. The summed E-state index contributed by atoms with van der Waals surface area (Å²) in [7, 11) is 0. The fourth-order valence-corrected chi connectivity index (χ4v) is 2.38. The molecule has 0 amide bonds. The molecule has 2 N–H and O–H groups in total. The Bertz CT molecular complexity index is 892. The van der Waals surface area contributed by atoms with Crippen LogP contribution in [-0.4, -0.2) is 16.5 Å². The van der Waals surface area contributed by atoms with Crippen LogP contribution in [0.3, 0.4) is 0 Å². The molecule has 0 radical (unpaired) electrons. The minimum Gasteiger partial charge on any atom is -0.322 e. The molecule has 0 atom stereocenters. The summed E-state index contributed by atoms with van der Waals surface area (Å²) in [6.45, 7) is 0.796. The number of nitrogens with one attached hydrogen (secondary N) is 2. The number of pyridine rings is 2. The molecule has 0 aliphatic rings. The van der Waals surface area contributed by atoms with E-state index in [1.54, 1.807) is 0 Å². The van der Waals surface area contributed by atoms with Crippen LogP contribution < -0.4 is 10.9 Å². The zero-order valence-electron chi connectivity index (χ0n) is 12.3. The maximum Gasteiger partial charge on any atom is 0.252 e. The van der Waals surface area contributed by atoms with E-state index < -0.39 is 11.6 Å². The minimum absolute atomic E-state index is 0.151. The number of rotatable bonds is 5. The normalized spacial score (nSPS) is 11.0. The van der Waals surface area contributed by atoms with Gasteiger partial charge in [0, 0.05) is 36.7 Å². The van der Waals surface area contributed by atoms with Gasteiger partial charge in [-0.1, -0.05) is 18.2 Å². The molecule has 118 valence electrons. The molecule has 3 aromatic rings. The quantitative estimate of drug-likeness (QED) is 0.711. The molecule has 0 unspecified atom stereocenters. The third kappa shape index (κ3) is 3.60. The highest BCUT2D eigenvalue weighted by Crippen LogP contribution is 2.10. The molecule has 4 nitrogen and oxygen atoms in total. The van der Waals surface area contributed by atoms with Crippen molar-refractivity contribution >= 4 is 10.9 Å². The van der Waals surface area contributed by atoms with Gasteiger partial charge < -0.3 is 10.3 Å². The number of aromatic amines is 1. The molecule has 0 fully saturated rings. The van der Waals surface area contributed by atoms with Gasteiger partial charge in [-0.05, 0) is 17.5 Å². The van der Waals surface area contributed by atoms with Crippen molar-refractivity contribution in [3.8, 4) is 0 Å². The van der Waals surface area contributed by atoms with Gasteiger partial charge in [0.15, 0.2) is 0 Å². The van der Waals surface area contributed by atoms with Gasteiger partial charge in [0.2, 0.25) is 0 Å². The molecule has 1 aromatic carbocycles. The summed E-state index contributed by atoms with van der Waals surface area (Å²) < 4.78 is 26.2. The Morgan fingerprint density at radius 1 is 1.17 bits per heavy atom. The van der Waals surface area contributed by atoms with Crippen LogP contribution in [0.25, 0.3) is 10.9 Å².